The van der Waals surface area contributed by atoms with E-state index in [2.05, 4.69) is 15.9 Å². The molecule has 0 heterocycles. The molecule has 0 unspecified atom stereocenters. The van der Waals surface area contributed by atoms with E-state index in [0.717, 1.165) is 4.47 Å². The highest BCUT2D eigenvalue weighted by atomic mass is 79.9. The number of benzene rings is 2. The van der Waals surface area contributed by atoms with Gasteiger partial charge in [0.05, 0.1) is 10.5 Å². The molecule has 2 aromatic rings. The molecule has 0 aromatic heterocycles. The number of halogens is 1. The second kappa shape index (κ2) is 7.15. The number of nitrogens with zero attached hydrogens (tertiary/aromatic N) is 1. The van der Waals surface area contributed by atoms with Crippen LogP contribution in [-0.4, -0.2) is 23.3 Å². The van der Waals surface area contributed by atoms with Gasteiger partial charge >= 0.3 is 5.97 Å². The van der Waals surface area contributed by atoms with Crippen LogP contribution in [0.4, 0.5) is 5.69 Å². The van der Waals surface area contributed by atoms with E-state index in [-0.39, 0.29) is 22.6 Å². The first-order valence-electron chi connectivity index (χ1n) is 6.60. The molecule has 0 aliphatic heterocycles. The molecule has 6 nitrogen and oxygen atoms in total. The lowest BCUT2D eigenvalue weighted by molar-refractivity contribution is -0.385. The zero-order valence-corrected chi connectivity index (χ0v) is 13.7. The minimum atomic E-state index is -0.767. The Bertz CT molecular complexity index is 771. The molecule has 0 N–H and O–H groups in total. The number of carbonyl (C=O) groups is 2. The van der Waals surface area contributed by atoms with E-state index in [1.807, 2.05) is 0 Å². The molecule has 0 fully saturated rings. The third-order valence-corrected chi connectivity index (χ3v) is 3.75. The van der Waals surface area contributed by atoms with E-state index < -0.39 is 17.5 Å². The molecule has 0 atom stereocenters. The summed E-state index contributed by atoms with van der Waals surface area (Å²) in [6.45, 7) is 1.04. The third-order valence-electron chi connectivity index (χ3n) is 3.22. The van der Waals surface area contributed by atoms with E-state index in [1.54, 1.807) is 24.3 Å². The third kappa shape index (κ3) is 4.01. The van der Waals surface area contributed by atoms with Crippen LogP contribution >= 0.6 is 15.9 Å². The van der Waals surface area contributed by atoms with Crippen molar-refractivity contribution in [3.05, 3.63) is 73.7 Å². The molecule has 0 saturated carbocycles. The minimum Gasteiger partial charge on any atom is -0.454 e. The van der Waals surface area contributed by atoms with Crippen LogP contribution in [0.5, 0.6) is 0 Å². The first-order valence-corrected chi connectivity index (χ1v) is 7.39. The van der Waals surface area contributed by atoms with Crippen LogP contribution in [0, 0.1) is 17.0 Å². The fourth-order valence-electron chi connectivity index (χ4n) is 1.97. The number of hydrogen-bond acceptors (Lipinski definition) is 5. The highest BCUT2D eigenvalue weighted by Crippen LogP contribution is 2.21. The highest BCUT2D eigenvalue weighted by molar-refractivity contribution is 9.10. The number of nitro groups is 1. The quantitative estimate of drug-likeness (QED) is 0.343. The van der Waals surface area contributed by atoms with Gasteiger partial charge in [-0.05, 0) is 25.1 Å². The van der Waals surface area contributed by atoms with Crippen LogP contribution in [0.2, 0.25) is 0 Å². The normalized spacial score (nSPS) is 10.2. The minimum absolute atomic E-state index is 0.0720. The molecule has 7 heteroatoms. The number of ether oxygens (including phenoxy) is 1. The Kier molecular flexibility index (Phi) is 5.23. The largest absolute Gasteiger partial charge is 0.454 e. The predicted molar refractivity (Wildman–Crippen MR) is 86.6 cm³/mol. The van der Waals surface area contributed by atoms with Crippen LogP contribution in [0.25, 0.3) is 0 Å². The molecule has 0 radical (unpaired) electrons. The van der Waals surface area contributed by atoms with E-state index >= 15 is 0 Å². The number of hydrogen-bond donors (Lipinski definition) is 0. The lowest BCUT2D eigenvalue weighted by Gasteiger charge is -2.07. The molecule has 0 saturated heterocycles. The molecule has 0 spiro atoms. The number of esters is 1. The number of rotatable bonds is 5. The van der Waals surface area contributed by atoms with Crippen molar-refractivity contribution >= 4 is 33.4 Å². The molecule has 2 aromatic carbocycles. The summed E-state index contributed by atoms with van der Waals surface area (Å²) in [5, 5.41) is 10.9. The Morgan fingerprint density at radius 1 is 1.17 bits per heavy atom. The van der Waals surface area contributed by atoms with Gasteiger partial charge in [-0.15, -0.1) is 0 Å². The Labute approximate surface area is 140 Å². The molecule has 0 aliphatic rings. The zero-order valence-electron chi connectivity index (χ0n) is 12.1. The van der Waals surface area contributed by atoms with Crippen molar-refractivity contribution in [2.75, 3.05) is 6.61 Å². The van der Waals surface area contributed by atoms with Gasteiger partial charge in [-0.1, -0.05) is 34.1 Å². The molecule has 0 bridgehead atoms. The second-order valence-electron chi connectivity index (χ2n) is 4.71. The number of carbonyl (C=O) groups excluding carboxylic acids is 2. The SMILES string of the molecule is Cc1c(C(=O)OCC(=O)c2ccc(Br)cc2)cccc1[N+](=O)[O-]. The lowest BCUT2D eigenvalue weighted by atomic mass is 10.1. The standard InChI is InChI=1S/C16H12BrNO5/c1-10-13(3-2-4-14(10)18(21)22)16(20)23-9-15(19)11-5-7-12(17)8-6-11/h2-8H,9H2,1H3. The summed E-state index contributed by atoms with van der Waals surface area (Å²) in [5.74, 6) is -1.12. The van der Waals surface area contributed by atoms with Crippen LogP contribution in [-0.2, 0) is 4.74 Å². The lowest BCUT2D eigenvalue weighted by Crippen LogP contribution is -2.15. The summed E-state index contributed by atoms with van der Waals surface area (Å²) >= 11 is 3.26. The molecule has 23 heavy (non-hydrogen) atoms. The molecule has 2 rings (SSSR count). The summed E-state index contributed by atoms with van der Waals surface area (Å²) in [7, 11) is 0. The van der Waals surface area contributed by atoms with Crippen LogP contribution in [0.3, 0.4) is 0 Å². The number of ketones is 1. The van der Waals surface area contributed by atoms with Gasteiger partial charge in [-0.2, -0.15) is 0 Å². The second-order valence-corrected chi connectivity index (χ2v) is 5.63. The maximum atomic E-state index is 12.0. The maximum Gasteiger partial charge on any atom is 0.339 e. The van der Waals surface area contributed by atoms with Crippen LogP contribution in [0.1, 0.15) is 26.3 Å². The Morgan fingerprint density at radius 2 is 1.83 bits per heavy atom. The molecule has 0 aliphatic carbocycles. The van der Waals surface area contributed by atoms with Gasteiger partial charge in [0.15, 0.2) is 12.4 Å². The van der Waals surface area contributed by atoms with Crippen molar-refractivity contribution in [1.82, 2.24) is 0 Å². The summed E-state index contributed by atoms with van der Waals surface area (Å²) in [6.07, 6.45) is 0. The average Bonchev–Trinajstić information content (AvgIpc) is 2.53. The van der Waals surface area contributed by atoms with Gasteiger partial charge in [0, 0.05) is 21.7 Å². The molecule has 118 valence electrons. The van der Waals surface area contributed by atoms with Gasteiger partial charge in [-0.3, -0.25) is 14.9 Å². The van der Waals surface area contributed by atoms with Crippen LogP contribution < -0.4 is 0 Å². The van der Waals surface area contributed by atoms with Crippen molar-refractivity contribution < 1.29 is 19.2 Å². The molecular weight excluding hydrogens is 366 g/mol. The van der Waals surface area contributed by atoms with E-state index in [4.69, 9.17) is 4.74 Å². The van der Waals surface area contributed by atoms with E-state index in [9.17, 15) is 19.7 Å². The number of Topliss-reactive ketones (excluding diaryl/α,β-unsaturated/α-hetero) is 1. The summed E-state index contributed by atoms with van der Waals surface area (Å²) in [4.78, 5) is 34.3. The Hall–Kier alpha value is -2.54. The van der Waals surface area contributed by atoms with Gasteiger partial charge in [0.2, 0.25) is 0 Å². The molecule has 0 amide bonds. The summed E-state index contributed by atoms with van der Waals surface area (Å²) < 4.78 is 5.80. The number of nitro benzene ring substituents is 1. The highest BCUT2D eigenvalue weighted by Gasteiger charge is 2.19. The monoisotopic (exact) mass is 377 g/mol. The summed E-state index contributed by atoms with van der Waals surface area (Å²) in [5.41, 5.74) is 0.525. The topological polar surface area (TPSA) is 86.5 Å². The smallest absolute Gasteiger partial charge is 0.339 e. The van der Waals surface area contributed by atoms with Crippen molar-refractivity contribution in [1.29, 1.82) is 0 Å². The average molecular weight is 378 g/mol. The van der Waals surface area contributed by atoms with Gasteiger partial charge in [0.1, 0.15) is 0 Å². The van der Waals surface area contributed by atoms with E-state index in [0.29, 0.717) is 5.56 Å². The fourth-order valence-corrected chi connectivity index (χ4v) is 2.23. The van der Waals surface area contributed by atoms with Crippen LogP contribution in [0.15, 0.2) is 46.9 Å². The maximum absolute atomic E-state index is 12.0. The Morgan fingerprint density at radius 3 is 2.43 bits per heavy atom. The van der Waals surface area contributed by atoms with Gasteiger partial charge < -0.3 is 4.74 Å². The fraction of sp³-hybridized carbons (Fsp3) is 0.125. The predicted octanol–water partition coefficient (Wildman–Crippen LogP) is 3.71. The van der Waals surface area contributed by atoms with Crippen molar-refractivity contribution in [2.45, 2.75) is 6.92 Å². The molecular formula is C16H12BrNO5. The first-order chi connectivity index (χ1) is 10.9. The van der Waals surface area contributed by atoms with Gasteiger partial charge in [0.25, 0.3) is 5.69 Å². The first kappa shape index (κ1) is 16.8. The zero-order chi connectivity index (χ0) is 17.0. The summed E-state index contributed by atoms with van der Waals surface area (Å²) in [6, 6.07) is 10.8. The van der Waals surface area contributed by atoms with E-state index in [1.165, 1.54) is 25.1 Å². The van der Waals surface area contributed by atoms with Crippen molar-refractivity contribution in [3.8, 4) is 0 Å². The Balaban J connectivity index is 2.08. The van der Waals surface area contributed by atoms with Crippen molar-refractivity contribution in [2.24, 2.45) is 0 Å². The van der Waals surface area contributed by atoms with Gasteiger partial charge in [-0.25, -0.2) is 4.79 Å². The van der Waals surface area contributed by atoms with Crippen molar-refractivity contribution in [3.63, 3.8) is 0 Å².